The summed E-state index contributed by atoms with van der Waals surface area (Å²) in [7, 11) is 3.17. The van der Waals surface area contributed by atoms with Gasteiger partial charge in [0, 0.05) is 17.3 Å². The van der Waals surface area contributed by atoms with Crippen LogP contribution in [0.2, 0.25) is 0 Å². The molecule has 1 amide bonds. The van der Waals surface area contributed by atoms with Gasteiger partial charge in [0.15, 0.2) is 0 Å². The Labute approximate surface area is 141 Å². The molecule has 2 rings (SSSR count). The van der Waals surface area contributed by atoms with Gasteiger partial charge in [0.1, 0.15) is 18.0 Å². The molecule has 0 unspecified atom stereocenters. The molecule has 24 heavy (non-hydrogen) atoms. The Kier molecular flexibility index (Phi) is 5.57. The van der Waals surface area contributed by atoms with Crippen LogP contribution in [0.3, 0.4) is 0 Å². The molecule has 1 aromatic heterocycles. The highest BCUT2D eigenvalue weighted by molar-refractivity contribution is 6.01. The van der Waals surface area contributed by atoms with Crippen LogP contribution in [0.5, 0.6) is 11.5 Å². The molecule has 0 aliphatic carbocycles. The van der Waals surface area contributed by atoms with E-state index >= 15 is 0 Å². The molecule has 0 saturated heterocycles. The molecule has 0 saturated carbocycles. The average molecular weight is 330 g/mol. The first-order chi connectivity index (χ1) is 11.4. The van der Waals surface area contributed by atoms with Crippen molar-refractivity contribution in [3.8, 4) is 11.5 Å². The van der Waals surface area contributed by atoms with Crippen molar-refractivity contribution in [3.05, 3.63) is 41.2 Å². The van der Waals surface area contributed by atoms with Gasteiger partial charge in [0.2, 0.25) is 0 Å². The number of amides is 1. The fraction of sp³-hybridized carbons (Fsp3) is 0.353. The molecule has 1 heterocycles. The van der Waals surface area contributed by atoms with E-state index in [0.717, 1.165) is 17.0 Å². The van der Waals surface area contributed by atoms with Gasteiger partial charge in [-0.2, -0.15) is 10.2 Å². The normalized spacial score (nSPS) is 11.3. The van der Waals surface area contributed by atoms with Crippen LogP contribution in [0.25, 0.3) is 0 Å². The first kappa shape index (κ1) is 17.5. The number of methoxy groups -OCH3 is 2. The van der Waals surface area contributed by atoms with E-state index in [0.29, 0.717) is 17.2 Å². The Balaban J connectivity index is 2.08. The number of nitrogens with zero attached hydrogens (tertiary/aromatic N) is 3. The maximum Gasteiger partial charge on any atom is 0.261 e. The number of hydrogen-bond donors (Lipinski definition) is 1. The third kappa shape index (κ3) is 4.13. The smallest absolute Gasteiger partial charge is 0.261 e. The lowest BCUT2D eigenvalue weighted by molar-refractivity contribution is -0.121. The minimum Gasteiger partial charge on any atom is -0.497 e. The lowest BCUT2D eigenvalue weighted by Crippen LogP contribution is -2.25. The molecule has 0 spiro atoms. The number of benzene rings is 1. The van der Waals surface area contributed by atoms with Gasteiger partial charge in [0.05, 0.1) is 25.6 Å². The molecule has 0 aliphatic rings. The number of hydrogen-bond acceptors (Lipinski definition) is 5. The Morgan fingerprint density at radius 3 is 2.58 bits per heavy atom. The van der Waals surface area contributed by atoms with Crippen molar-refractivity contribution < 1.29 is 14.3 Å². The van der Waals surface area contributed by atoms with Gasteiger partial charge in [0.25, 0.3) is 5.91 Å². The van der Waals surface area contributed by atoms with Crippen molar-refractivity contribution in [3.63, 3.8) is 0 Å². The van der Waals surface area contributed by atoms with E-state index in [9.17, 15) is 4.79 Å². The summed E-state index contributed by atoms with van der Waals surface area (Å²) >= 11 is 0. The van der Waals surface area contributed by atoms with Crippen LogP contribution in [0.15, 0.2) is 29.4 Å². The first-order valence-electron chi connectivity index (χ1n) is 7.51. The number of aryl methyl sites for hydroxylation is 2. The van der Waals surface area contributed by atoms with Crippen LogP contribution >= 0.6 is 0 Å². The second kappa shape index (κ2) is 7.63. The van der Waals surface area contributed by atoms with E-state index in [2.05, 4.69) is 15.6 Å². The second-order valence-electron chi connectivity index (χ2n) is 5.38. The molecular formula is C17H22N4O3. The first-order valence-corrected chi connectivity index (χ1v) is 7.51. The summed E-state index contributed by atoms with van der Waals surface area (Å²) in [6, 6.07) is 7.34. The molecule has 0 atom stereocenters. The van der Waals surface area contributed by atoms with Gasteiger partial charge in [-0.15, -0.1) is 0 Å². The fourth-order valence-corrected chi connectivity index (χ4v) is 2.31. The highest BCUT2D eigenvalue weighted by Crippen LogP contribution is 2.25. The molecule has 1 N–H and O–H groups in total. The van der Waals surface area contributed by atoms with Crippen molar-refractivity contribution in [2.45, 2.75) is 27.3 Å². The van der Waals surface area contributed by atoms with Crippen LogP contribution in [-0.2, 0) is 11.3 Å². The van der Waals surface area contributed by atoms with E-state index in [1.165, 1.54) is 0 Å². The van der Waals surface area contributed by atoms with Crippen molar-refractivity contribution >= 4 is 11.6 Å². The molecule has 0 fully saturated rings. The molecule has 0 radical (unpaired) electrons. The van der Waals surface area contributed by atoms with E-state index in [1.54, 1.807) is 31.9 Å². The summed E-state index contributed by atoms with van der Waals surface area (Å²) in [6.45, 7) is 5.72. The van der Waals surface area contributed by atoms with Gasteiger partial charge >= 0.3 is 0 Å². The van der Waals surface area contributed by atoms with Crippen LogP contribution < -0.4 is 14.9 Å². The summed E-state index contributed by atoms with van der Waals surface area (Å²) in [6.07, 6.45) is 0. The van der Waals surface area contributed by atoms with Crippen molar-refractivity contribution in [2.75, 3.05) is 14.2 Å². The maximum absolute atomic E-state index is 12.0. The Morgan fingerprint density at radius 1 is 1.25 bits per heavy atom. The number of hydrazone groups is 1. The summed E-state index contributed by atoms with van der Waals surface area (Å²) < 4.78 is 12.2. The molecule has 7 heteroatoms. The number of carbonyl (C=O) groups is 1. The zero-order valence-corrected chi connectivity index (χ0v) is 14.6. The van der Waals surface area contributed by atoms with Crippen LogP contribution in [0, 0.1) is 13.8 Å². The second-order valence-corrected chi connectivity index (χ2v) is 5.38. The topological polar surface area (TPSA) is 77.7 Å². The standard InChI is InChI=1S/C17H22N4O3/c1-11-8-12(2)21(20-11)10-17(22)19-18-13(3)15-7-6-14(23-4)9-16(15)24-5/h6-9H,10H2,1-5H3,(H,19,22). The quantitative estimate of drug-likeness (QED) is 0.649. The number of aromatic nitrogens is 2. The number of rotatable bonds is 6. The highest BCUT2D eigenvalue weighted by atomic mass is 16.5. The molecular weight excluding hydrogens is 308 g/mol. The Hall–Kier alpha value is -2.83. The summed E-state index contributed by atoms with van der Waals surface area (Å²) in [5, 5.41) is 8.40. The predicted molar refractivity (Wildman–Crippen MR) is 91.6 cm³/mol. The van der Waals surface area contributed by atoms with E-state index in [1.807, 2.05) is 32.0 Å². The number of carbonyl (C=O) groups excluding carboxylic acids is 1. The maximum atomic E-state index is 12.0. The van der Waals surface area contributed by atoms with Crippen LogP contribution in [0.4, 0.5) is 0 Å². The molecule has 7 nitrogen and oxygen atoms in total. The Morgan fingerprint density at radius 2 is 2.00 bits per heavy atom. The summed E-state index contributed by atoms with van der Waals surface area (Å²) in [5.41, 5.74) is 5.77. The largest absolute Gasteiger partial charge is 0.497 e. The Bertz CT molecular complexity index is 765. The van der Waals surface area contributed by atoms with Crippen molar-refractivity contribution in [1.82, 2.24) is 15.2 Å². The predicted octanol–water partition coefficient (Wildman–Crippen LogP) is 2.06. The SMILES string of the molecule is COc1ccc(C(C)=NNC(=O)Cn2nc(C)cc2C)c(OC)c1. The molecule has 0 aliphatic heterocycles. The van der Waals surface area contributed by atoms with Gasteiger partial charge in [-0.05, 0) is 39.0 Å². The van der Waals surface area contributed by atoms with E-state index in [-0.39, 0.29) is 12.5 Å². The average Bonchev–Trinajstić information content (AvgIpc) is 2.89. The zero-order chi connectivity index (χ0) is 17.7. The summed E-state index contributed by atoms with van der Waals surface area (Å²) in [4.78, 5) is 12.0. The van der Waals surface area contributed by atoms with Crippen LogP contribution in [0.1, 0.15) is 23.9 Å². The highest BCUT2D eigenvalue weighted by Gasteiger charge is 2.10. The minimum atomic E-state index is -0.243. The zero-order valence-electron chi connectivity index (χ0n) is 14.6. The van der Waals surface area contributed by atoms with Gasteiger partial charge in [-0.3, -0.25) is 9.48 Å². The number of ether oxygens (including phenoxy) is 2. The van der Waals surface area contributed by atoms with E-state index in [4.69, 9.17) is 9.47 Å². The molecule has 128 valence electrons. The molecule has 2 aromatic rings. The monoisotopic (exact) mass is 330 g/mol. The molecule has 0 bridgehead atoms. The number of nitrogens with one attached hydrogen (secondary N) is 1. The minimum absolute atomic E-state index is 0.121. The van der Waals surface area contributed by atoms with Crippen molar-refractivity contribution in [1.29, 1.82) is 0 Å². The van der Waals surface area contributed by atoms with E-state index < -0.39 is 0 Å². The van der Waals surface area contributed by atoms with Gasteiger partial charge in [-0.25, -0.2) is 5.43 Å². The fourth-order valence-electron chi connectivity index (χ4n) is 2.31. The molecule has 1 aromatic carbocycles. The lowest BCUT2D eigenvalue weighted by atomic mass is 10.1. The third-order valence-electron chi connectivity index (χ3n) is 3.54. The van der Waals surface area contributed by atoms with Gasteiger partial charge in [-0.1, -0.05) is 0 Å². The van der Waals surface area contributed by atoms with Crippen LogP contribution in [-0.4, -0.2) is 35.6 Å². The van der Waals surface area contributed by atoms with Crippen molar-refractivity contribution in [2.24, 2.45) is 5.10 Å². The summed E-state index contributed by atoms with van der Waals surface area (Å²) in [5.74, 6) is 1.08. The van der Waals surface area contributed by atoms with Gasteiger partial charge < -0.3 is 9.47 Å². The lowest BCUT2D eigenvalue weighted by Gasteiger charge is -2.10. The third-order valence-corrected chi connectivity index (χ3v) is 3.54.